The van der Waals surface area contributed by atoms with E-state index in [1.54, 1.807) is 19.4 Å². The van der Waals surface area contributed by atoms with Crippen LogP contribution in [0.15, 0.2) is 29.6 Å². The third kappa shape index (κ3) is 3.79. The molecular weight excluding hydrogens is 308 g/mol. The Morgan fingerprint density at radius 2 is 2.08 bits per heavy atom. The van der Waals surface area contributed by atoms with Crippen LogP contribution in [0.4, 0.5) is 0 Å². The van der Waals surface area contributed by atoms with E-state index < -0.39 is 0 Å². The molecule has 0 spiro atoms. The molecule has 1 aromatic heterocycles. The number of pyridine rings is 1. The van der Waals surface area contributed by atoms with Crippen LogP contribution in [0.25, 0.3) is 0 Å². The Kier molecular flexibility index (Phi) is 4.89. The first kappa shape index (κ1) is 16.6. The number of rotatable bonds is 5. The third-order valence-electron chi connectivity index (χ3n) is 4.71. The maximum absolute atomic E-state index is 12.5. The Bertz CT molecular complexity index is 640. The van der Waals surface area contributed by atoms with Gasteiger partial charge >= 0.3 is 0 Å². The molecule has 1 fully saturated rings. The molecule has 2 heterocycles. The van der Waals surface area contributed by atoms with Crippen molar-refractivity contribution in [2.24, 2.45) is 11.0 Å². The molecule has 24 heavy (non-hydrogen) atoms. The molecule has 1 aromatic rings. The lowest BCUT2D eigenvalue weighted by atomic mass is 9.75. The van der Waals surface area contributed by atoms with Crippen molar-refractivity contribution < 1.29 is 14.7 Å². The number of hydrogen-bond acceptors (Lipinski definition) is 5. The van der Waals surface area contributed by atoms with Crippen LogP contribution in [0, 0.1) is 5.92 Å². The average molecular weight is 330 g/mol. The van der Waals surface area contributed by atoms with Crippen LogP contribution in [0.5, 0.6) is 0 Å². The van der Waals surface area contributed by atoms with Crippen LogP contribution in [0.2, 0.25) is 0 Å². The molecule has 7 heteroatoms. The fourth-order valence-corrected chi connectivity index (χ4v) is 3.15. The van der Waals surface area contributed by atoms with Gasteiger partial charge in [0.2, 0.25) is 5.91 Å². The molecule has 1 unspecified atom stereocenters. The number of aliphatic hydroxyl groups excluding tert-OH is 1. The third-order valence-corrected chi connectivity index (χ3v) is 4.71. The van der Waals surface area contributed by atoms with E-state index in [2.05, 4.69) is 15.4 Å². The Balaban J connectivity index is 1.68. The maximum atomic E-state index is 12.5. The van der Waals surface area contributed by atoms with E-state index in [1.165, 1.54) is 5.01 Å². The second-order valence-corrected chi connectivity index (χ2v) is 6.49. The van der Waals surface area contributed by atoms with Gasteiger partial charge in [0.25, 0.3) is 5.91 Å². The zero-order valence-electron chi connectivity index (χ0n) is 13.7. The van der Waals surface area contributed by atoms with Crippen LogP contribution in [-0.2, 0) is 16.0 Å². The van der Waals surface area contributed by atoms with E-state index in [9.17, 15) is 14.7 Å². The van der Waals surface area contributed by atoms with Gasteiger partial charge in [-0.15, -0.1) is 0 Å². The molecule has 7 nitrogen and oxygen atoms in total. The first-order valence-corrected chi connectivity index (χ1v) is 8.25. The number of amides is 2. The molecule has 2 amide bonds. The topological polar surface area (TPSA) is 94.9 Å². The number of hydrazone groups is 1. The molecule has 3 rings (SSSR count). The smallest absolute Gasteiger partial charge is 0.267 e. The normalized spacial score (nSPS) is 24.8. The minimum Gasteiger partial charge on any atom is -0.393 e. The van der Waals surface area contributed by atoms with E-state index in [1.807, 2.05) is 12.1 Å². The molecule has 1 saturated carbocycles. The molecule has 0 radical (unpaired) electrons. The molecule has 0 saturated heterocycles. The van der Waals surface area contributed by atoms with E-state index in [-0.39, 0.29) is 29.9 Å². The van der Waals surface area contributed by atoms with Gasteiger partial charge in [0, 0.05) is 38.3 Å². The van der Waals surface area contributed by atoms with Gasteiger partial charge in [-0.05, 0) is 42.9 Å². The molecule has 1 aliphatic carbocycles. The predicted molar refractivity (Wildman–Crippen MR) is 88.0 cm³/mol. The van der Waals surface area contributed by atoms with Gasteiger partial charge in [-0.25, -0.2) is 5.01 Å². The highest BCUT2D eigenvalue weighted by Gasteiger charge is 2.35. The first-order chi connectivity index (χ1) is 11.5. The second kappa shape index (κ2) is 7.09. The zero-order chi connectivity index (χ0) is 17.1. The summed E-state index contributed by atoms with van der Waals surface area (Å²) in [5, 5.41) is 17.9. The molecule has 0 aromatic carbocycles. The standard InChI is InChI=1S/C17H22N4O3/c1-21-16(23)3-2-14(20-21)17(24)19-15(12-9-13(22)10-12)8-11-4-6-18-7-5-11/h4-7,12-13,15,22H,2-3,8-10H2,1H3,(H,19,24). The Labute approximate surface area is 140 Å². The zero-order valence-corrected chi connectivity index (χ0v) is 13.7. The Morgan fingerprint density at radius 3 is 2.71 bits per heavy atom. The van der Waals surface area contributed by atoms with E-state index in [0.29, 0.717) is 37.8 Å². The Morgan fingerprint density at radius 1 is 1.38 bits per heavy atom. The summed E-state index contributed by atoms with van der Waals surface area (Å²) in [5.74, 6) is -0.0579. The largest absolute Gasteiger partial charge is 0.393 e. The number of nitrogens with one attached hydrogen (secondary N) is 1. The average Bonchev–Trinajstić information content (AvgIpc) is 2.55. The van der Waals surface area contributed by atoms with E-state index in [0.717, 1.165) is 5.56 Å². The van der Waals surface area contributed by atoms with Gasteiger partial charge in [0.05, 0.1) is 6.10 Å². The highest BCUT2D eigenvalue weighted by Crippen LogP contribution is 2.31. The fourth-order valence-electron chi connectivity index (χ4n) is 3.15. The SMILES string of the molecule is CN1N=C(C(=O)NC(Cc2ccncc2)C2CC(O)C2)CCC1=O. The minimum absolute atomic E-state index is 0.0612. The minimum atomic E-state index is -0.275. The molecule has 2 aliphatic rings. The van der Waals surface area contributed by atoms with Gasteiger partial charge < -0.3 is 10.4 Å². The van der Waals surface area contributed by atoms with Crippen molar-refractivity contribution >= 4 is 17.5 Å². The number of nitrogens with zero attached hydrogens (tertiary/aromatic N) is 3. The van der Waals surface area contributed by atoms with Gasteiger partial charge in [0.15, 0.2) is 0 Å². The highest BCUT2D eigenvalue weighted by molar-refractivity contribution is 6.39. The summed E-state index contributed by atoms with van der Waals surface area (Å²) in [7, 11) is 1.56. The fraction of sp³-hybridized carbons (Fsp3) is 0.529. The molecule has 0 bridgehead atoms. The predicted octanol–water partition coefficient (Wildman–Crippen LogP) is 0.488. The van der Waals surface area contributed by atoms with Crippen LogP contribution in [0.1, 0.15) is 31.2 Å². The van der Waals surface area contributed by atoms with Crippen molar-refractivity contribution in [3.05, 3.63) is 30.1 Å². The number of aliphatic hydroxyl groups is 1. The summed E-state index contributed by atoms with van der Waals surface area (Å²) in [5.41, 5.74) is 1.48. The number of carbonyl (C=O) groups is 2. The van der Waals surface area contributed by atoms with E-state index in [4.69, 9.17) is 0 Å². The van der Waals surface area contributed by atoms with Crippen LogP contribution in [0.3, 0.4) is 0 Å². The maximum Gasteiger partial charge on any atom is 0.267 e. The number of carbonyl (C=O) groups excluding carboxylic acids is 2. The molecule has 128 valence electrons. The lowest BCUT2D eigenvalue weighted by Crippen LogP contribution is -2.50. The summed E-state index contributed by atoms with van der Waals surface area (Å²) in [6, 6.07) is 3.80. The van der Waals surface area contributed by atoms with Crippen molar-refractivity contribution in [2.45, 2.75) is 44.2 Å². The molecular formula is C17H22N4O3. The van der Waals surface area contributed by atoms with Crippen molar-refractivity contribution in [3.63, 3.8) is 0 Å². The molecule has 1 atom stereocenters. The Hall–Kier alpha value is -2.28. The van der Waals surface area contributed by atoms with Crippen LogP contribution >= 0.6 is 0 Å². The quantitative estimate of drug-likeness (QED) is 0.821. The monoisotopic (exact) mass is 330 g/mol. The summed E-state index contributed by atoms with van der Waals surface area (Å²) >= 11 is 0. The summed E-state index contributed by atoms with van der Waals surface area (Å²) < 4.78 is 0. The van der Waals surface area contributed by atoms with Crippen LogP contribution < -0.4 is 5.32 Å². The number of aromatic nitrogens is 1. The first-order valence-electron chi connectivity index (χ1n) is 8.25. The lowest BCUT2D eigenvalue weighted by molar-refractivity contribution is -0.130. The van der Waals surface area contributed by atoms with Gasteiger partial charge in [-0.3, -0.25) is 14.6 Å². The van der Waals surface area contributed by atoms with Crippen molar-refractivity contribution in [2.75, 3.05) is 7.05 Å². The molecule has 1 aliphatic heterocycles. The lowest BCUT2D eigenvalue weighted by Gasteiger charge is -2.38. The highest BCUT2D eigenvalue weighted by atomic mass is 16.3. The number of hydrogen-bond donors (Lipinski definition) is 2. The second-order valence-electron chi connectivity index (χ2n) is 6.49. The van der Waals surface area contributed by atoms with Crippen molar-refractivity contribution in [1.82, 2.24) is 15.3 Å². The summed E-state index contributed by atoms with van der Waals surface area (Å²) in [6.07, 6.45) is 5.94. The van der Waals surface area contributed by atoms with Gasteiger partial charge in [0.1, 0.15) is 5.71 Å². The van der Waals surface area contributed by atoms with Gasteiger partial charge in [-0.1, -0.05) is 0 Å². The van der Waals surface area contributed by atoms with Crippen molar-refractivity contribution in [1.29, 1.82) is 0 Å². The summed E-state index contributed by atoms with van der Waals surface area (Å²) in [4.78, 5) is 28.0. The molecule has 2 N–H and O–H groups in total. The van der Waals surface area contributed by atoms with E-state index >= 15 is 0 Å². The van der Waals surface area contributed by atoms with Gasteiger partial charge in [-0.2, -0.15) is 5.10 Å². The van der Waals surface area contributed by atoms with Crippen molar-refractivity contribution in [3.8, 4) is 0 Å². The summed E-state index contributed by atoms with van der Waals surface area (Å²) in [6.45, 7) is 0. The van der Waals surface area contributed by atoms with Crippen LogP contribution in [-0.4, -0.2) is 51.8 Å².